The van der Waals surface area contributed by atoms with E-state index in [1.54, 1.807) is 0 Å². The molecule has 2 aliphatic heterocycles. The highest BCUT2D eigenvalue weighted by atomic mass is 16.5. The summed E-state index contributed by atoms with van der Waals surface area (Å²) in [6, 6.07) is 0.439. The molecule has 0 aromatic rings. The minimum Gasteiger partial charge on any atom is -0.481 e. The van der Waals surface area contributed by atoms with Gasteiger partial charge in [0.05, 0.1) is 12.0 Å². The highest BCUT2D eigenvalue weighted by Gasteiger charge is 2.42. The van der Waals surface area contributed by atoms with Crippen LogP contribution in [0.5, 0.6) is 0 Å². The van der Waals surface area contributed by atoms with Gasteiger partial charge in [0.2, 0.25) is 0 Å². The van der Waals surface area contributed by atoms with Crippen molar-refractivity contribution >= 4 is 5.97 Å². The van der Waals surface area contributed by atoms with Crippen LogP contribution >= 0.6 is 0 Å². The molecule has 2 saturated heterocycles. The monoisotopic (exact) mass is 241 g/mol. The van der Waals surface area contributed by atoms with Gasteiger partial charge in [0.15, 0.2) is 0 Å². The third kappa shape index (κ3) is 2.63. The Morgan fingerprint density at radius 1 is 1.53 bits per heavy atom. The topological polar surface area (TPSA) is 49.8 Å². The van der Waals surface area contributed by atoms with Gasteiger partial charge in [-0.05, 0) is 38.6 Å². The van der Waals surface area contributed by atoms with Crippen molar-refractivity contribution in [2.24, 2.45) is 5.41 Å². The predicted molar refractivity (Wildman–Crippen MR) is 65.0 cm³/mol. The fourth-order valence-electron chi connectivity index (χ4n) is 3.11. The van der Waals surface area contributed by atoms with Crippen molar-refractivity contribution in [3.63, 3.8) is 0 Å². The van der Waals surface area contributed by atoms with Gasteiger partial charge in [0.25, 0.3) is 0 Å². The molecule has 0 bridgehead atoms. The molecule has 0 radical (unpaired) electrons. The molecule has 4 heteroatoms. The number of carboxylic acid groups (broad SMARTS) is 1. The second-order valence-corrected chi connectivity index (χ2v) is 5.38. The summed E-state index contributed by atoms with van der Waals surface area (Å²) in [5.41, 5.74) is -0.518. The maximum atomic E-state index is 11.5. The van der Waals surface area contributed by atoms with Gasteiger partial charge in [-0.25, -0.2) is 0 Å². The van der Waals surface area contributed by atoms with Crippen LogP contribution in [0.2, 0.25) is 0 Å². The van der Waals surface area contributed by atoms with Crippen LogP contribution in [-0.2, 0) is 9.53 Å². The van der Waals surface area contributed by atoms with Crippen molar-refractivity contribution in [3.05, 3.63) is 0 Å². The van der Waals surface area contributed by atoms with Crippen molar-refractivity contribution < 1.29 is 14.6 Å². The predicted octanol–water partition coefficient (Wildman–Crippen LogP) is 1.74. The summed E-state index contributed by atoms with van der Waals surface area (Å²) in [7, 11) is 0. The van der Waals surface area contributed by atoms with E-state index < -0.39 is 11.4 Å². The molecule has 1 N–H and O–H groups in total. The summed E-state index contributed by atoms with van der Waals surface area (Å²) in [5.74, 6) is -0.624. The zero-order valence-electron chi connectivity index (χ0n) is 10.7. The number of rotatable bonds is 3. The highest BCUT2D eigenvalue weighted by molar-refractivity contribution is 5.75. The van der Waals surface area contributed by atoms with Gasteiger partial charge in [-0.15, -0.1) is 0 Å². The number of piperidine rings is 1. The molecule has 4 nitrogen and oxygen atoms in total. The molecule has 2 atom stereocenters. The molecule has 2 heterocycles. The summed E-state index contributed by atoms with van der Waals surface area (Å²) in [6.07, 6.45) is 4.80. The second kappa shape index (κ2) is 5.36. The summed E-state index contributed by atoms with van der Waals surface area (Å²) in [6.45, 7) is 5.37. The first-order valence-corrected chi connectivity index (χ1v) is 6.73. The highest BCUT2D eigenvalue weighted by Crippen LogP contribution is 2.35. The zero-order chi connectivity index (χ0) is 12.3. The Hall–Kier alpha value is -0.610. The lowest BCUT2D eigenvalue weighted by molar-refractivity contribution is -0.154. The van der Waals surface area contributed by atoms with Crippen LogP contribution in [0, 0.1) is 5.41 Å². The number of hydrogen-bond acceptors (Lipinski definition) is 3. The van der Waals surface area contributed by atoms with Crippen LogP contribution in [0.3, 0.4) is 0 Å². The van der Waals surface area contributed by atoms with Gasteiger partial charge in [0, 0.05) is 19.2 Å². The average Bonchev–Trinajstić information content (AvgIpc) is 2.39. The Labute approximate surface area is 103 Å². The Morgan fingerprint density at radius 3 is 2.94 bits per heavy atom. The Kier molecular flexibility index (Phi) is 4.05. The van der Waals surface area contributed by atoms with Gasteiger partial charge in [-0.3, -0.25) is 9.69 Å². The molecule has 2 unspecified atom stereocenters. The van der Waals surface area contributed by atoms with E-state index in [9.17, 15) is 9.90 Å². The fourth-order valence-corrected chi connectivity index (χ4v) is 3.11. The third-order valence-electron chi connectivity index (χ3n) is 4.39. The SMILES string of the molecule is CCC1(C(=O)O)CCCN(C2CCCOC2)C1. The quantitative estimate of drug-likeness (QED) is 0.817. The van der Waals surface area contributed by atoms with E-state index in [-0.39, 0.29) is 0 Å². The number of carbonyl (C=O) groups is 1. The summed E-state index contributed by atoms with van der Waals surface area (Å²) < 4.78 is 5.51. The Balaban J connectivity index is 2.02. The van der Waals surface area contributed by atoms with E-state index in [4.69, 9.17) is 4.74 Å². The first-order valence-electron chi connectivity index (χ1n) is 6.73. The first kappa shape index (κ1) is 12.8. The Bertz CT molecular complexity index is 276. The minimum absolute atomic E-state index is 0.439. The van der Waals surface area contributed by atoms with Gasteiger partial charge in [-0.1, -0.05) is 6.92 Å². The molecule has 2 rings (SSSR count). The summed E-state index contributed by atoms with van der Waals surface area (Å²) in [4.78, 5) is 13.8. The largest absolute Gasteiger partial charge is 0.481 e. The van der Waals surface area contributed by atoms with Crippen molar-refractivity contribution in [2.45, 2.75) is 45.1 Å². The summed E-state index contributed by atoms with van der Waals surface area (Å²) >= 11 is 0. The van der Waals surface area contributed by atoms with Gasteiger partial charge >= 0.3 is 5.97 Å². The molecule has 98 valence electrons. The van der Waals surface area contributed by atoms with Gasteiger partial charge < -0.3 is 9.84 Å². The molecular weight excluding hydrogens is 218 g/mol. The molecule has 2 aliphatic rings. The van der Waals surface area contributed by atoms with E-state index in [0.29, 0.717) is 12.6 Å². The molecule has 0 spiro atoms. The van der Waals surface area contributed by atoms with Crippen LogP contribution in [0.15, 0.2) is 0 Å². The zero-order valence-corrected chi connectivity index (χ0v) is 10.7. The lowest BCUT2D eigenvalue weighted by Gasteiger charge is -2.44. The maximum Gasteiger partial charge on any atom is 0.310 e. The number of likely N-dealkylation sites (tertiary alicyclic amines) is 1. The van der Waals surface area contributed by atoms with Crippen molar-refractivity contribution in [3.8, 4) is 0 Å². The van der Waals surface area contributed by atoms with Crippen LogP contribution in [0.25, 0.3) is 0 Å². The van der Waals surface area contributed by atoms with Crippen LogP contribution in [0.4, 0.5) is 0 Å². The number of carboxylic acids is 1. The summed E-state index contributed by atoms with van der Waals surface area (Å²) in [5, 5.41) is 9.45. The first-order chi connectivity index (χ1) is 8.18. The van der Waals surface area contributed by atoms with E-state index in [1.807, 2.05) is 6.92 Å². The van der Waals surface area contributed by atoms with Crippen LogP contribution < -0.4 is 0 Å². The number of nitrogens with zero attached hydrogens (tertiary/aromatic N) is 1. The number of hydrogen-bond donors (Lipinski definition) is 1. The van der Waals surface area contributed by atoms with E-state index in [1.165, 1.54) is 0 Å². The van der Waals surface area contributed by atoms with Crippen LogP contribution in [-0.4, -0.2) is 48.3 Å². The fraction of sp³-hybridized carbons (Fsp3) is 0.923. The molecular formula is C13H23NO3. The third-order valence-corrected chi connectivity index (χ3v) is 4.39. The van der Waals surface area contributed by atoms with Crippen molar-refractivity contribution in [2.75, 3.05) is 26.3 Å². The van der Waals surface area contributed by atoms with Crippen molar-refractivity contribution in [1.82, 2.24) is 4.90 Å². The lowest BCUT2D eigenvalue weighted by Crippen LogP contribution is -2.53. The van der Waals surface area contributed by atoms with E-state index in [0.717, 1.165) is 51.9 Å². The Morgan fingerprint density at radius 2 is 2.35 bits per heavy atom. The van der Waals surface area contributed by atoms with Gasteiger partial charge in [0.1, 0.15) is 0 Å². The minimum atomic E-state index is -0.624. The van der Waals surface area contributed by atoms with Crippen molar-refractivity contribution in [1.29, 1.82) is 0 Å². The standard InChI is InChI=1S/C13H23NO3/c1-2-13(12(15)16)6-4-7-14(10-13)11-5-3-8-17-9-11/h11H,2-10H2,1H3,(H,15,16). The van der Waals surface area contributed by atoms with Gasteiger partial charge in [-0.2, -0.15) is 0 Å². The molecule has 0 aliphatic carbocycles. The molecule has 2 fully saturated rings. The maximum absolute atomic E-state index is 11.5. The van der Waals surface area contributed by atoms with Crippen LogP contribution in [0.1, 0.15) is 39.0 Å². The lowest BCUT2D eigenvalue weighted by atomic mass is 9.77. The second-order valence-electron chi connectivity index (χ2n) is 5.38. The molecule has 0 aromatic heterocycles. The molecule has 0 aromatic carbocycles. The smallest absolute Gasteiger partial charge is 0.310 e. The molecule has 0 saturated carbocycles. The molecule has 17 heavy (non-hydrogen) atoms. The number of aliphatic carboxylic acids is 1. The van der Waals surface area contributed by atoms with E-state index in [2.05, 4.69) is 4.90 Å². The molecule has 0 amide bonds. The normalized spacial score (nSPS) is 35.7. The van der Waals surface area contributed by atoms with E-state index >= 15 is 0 Å². The number of ether oxygens (including phenoxy) is 1. The average molecular weight is 241 g/mol.